The van der Waals surface area contributed by atoms with E-state index in [-0.39, 0.29) is 0 Å². The molecule has 0 aliphatic rings. The molecule has 0 fully saturated rings. The van der Waals surface area contributed by atoms with Crippen LogP contribution < -0.4 is 0 Å². The molecule has 0 aromatic heterocycles. The topological polar surface area (TPSA) is 0 Å². The summed E-state index contributed by atoms with van der Waals surface area (Å²) in [6.07, 6.45) is 6.00. The Labute approximate surface area is 69.4 Å². The number of unbranched alkanes of at least 4 members (excludes halogenated alkanes) is 2. The molecule has 8 heavy (non-hydrogen) atoms. The van der Waals surface area contributed by atoms with Gasteiger partial charge in [0.15, 0.2) is 0 Å². The molecule has 0 radical (unpaired) electrons. The second kappa shape index (κ2) is 8.16. The van der Waals surface area contributed by atoms with Crippen molar-refractivity contribution in [2.24, 2.45) is 0 Å². The van der Waals surface area contributed by atoms with Gasteiger partial charge in [0.2, 0.25) is 0 Å². The predicted octanol–water partition coefficient (Wildman–Crippen LogP) is 3.15. The Morgan fingerprint density at radius 1 is 1.50 bits per heavy atom. The first-order valence-corrected chi connectivity index (χ1v) is 18.9. The van der Waals surface area contributed by atoms with E-state index in [0.29, 0.717) is 0 Å². The second-order valence-electron chi connectivity index (χ2n) is 1.83. The van der Waals surface area contributed by atoms with E-state index in [1.165, 1.54) is 23.2 Å². The minimum atomic E-state index is -0.423. The van der Waals surface area contributed by atoms with E-state index in [0.717, 1.165) is 0 Å². The van der Waals surface area contributed by atoms with Crippen molar-refractivity contribution in [1.82, 2.24) is 0 Å². The van der Waals surface area contributed by atoms with Gasteiger partial charge in [0, 0.05) is 0 Å². The fourth-order valence-electron chi connectivity index (χ4n) is 0.560. The van der Waals surface area contributed by atoms with Crippen molar-refractivity contribution in [2.45, 2.75) is 23.2 Å². The van der Waals surface area contributed by atoms with Gasteiger partial charge in [-0.3, -0.25) is 0 Å². The van der Waals surface area contributed by atoms with E-state index in [1.54, 1.807) is 0 Å². The normalized spacial score (nSPS) is 8.12. The van der Waals surface area contributed by atoms with Crippen LogP contribution in [0.15, 0.2) is 12.7 Å². The number of rotatable bonds is 5. The molecule has 0 saturated carbocycles. The standard InChI is InChI=1S/C6H11.BrH.Hg/c1-3-5-6-4-2;;/h3H,1-2,4-6H2;1H;/q;;+1/p-1. The average Bonchev–Trinajstić information content (AvgIpc) is 1.81. The third-order valence-corrected chi connectivity index (χ3v) is 8.95. The summed E-state index contributed by atoms with van der Waals surface area (Å²) >= 11 is 3.17. The fourth-order valence-corrected chi connectivity index (χ4v) is 6.15. The molecule has 0 aromatic rings. The monoisotopic (exact) mass is 364 g/mol. The second-order valence-corrected chi connectivity index (χ2v) is 13.0. The summed E-state index contributed by atoms with van der Waals surface area (Å²) in [7, 11) is 0. The van der Waals surface area contributed by atoms with Crippen LogP contribution in [-0.4, -0.2) is 0 Å². The van der Waals surface area contributed by atoms with Crippen molar-refractivity contribution in [3.05, 3.63) is 12.7 Å². The molecule has 0 nitrogen and oxygen atoms in total. The average molecular weight is 364 g/mol. The van der Waals surface area contributed by atoms with Crippen molar-refractivity contribution in [3.8, 4) is 0 Å². The Bertz CT molecular complexity index is 54.5. The zero-order chi connectivity index (χ0) is 6.24. The molecule has 0 aromatic carbocycles. The molecule has 0 unspecified atom stereocenters. The zero-order valence-electron chi connectivity index (χ0n) is 5.20. The van der Waals surface area contributed by atoms with E-state index in [2.05, 4.69) is 18.5 Å². The van der Waals surface area contributed by atoms with E-state index in [4.69, 9.17) is 0 Å². The van der Waals surface area contributed by atoms with Crippen LogP contribution in [0.25, 0.3) is 0 Å². The quantitative estimate of drug-likeness (QED) is 0.400. The van der Waals surface area contributed by atoms with Crippen LogP contribution in [0.4, 0.5) is 0 Å². The SMILES string of the molecule is C=CCCC[CH2][Hg][Br]. The van der Waals surface area contributed by atoms with Gasteiger partial charge in [0.25, 0.3) is 0 Å². The third-order valence-electron chi connectivity index (χ3n) is 1.04. The summed E-state index contributed by atoms with van der Waals surface area (Å²) in [4.78, 5) is 0. The van der Waals surface area contributed by atoms with Crippen LogP contribution in [-0.2, 0) is 22.1 Å². The van der Waals surface area contributed by atoms with Gasteiger partial charge in [-0.2, -0.15) is 0 Å². The first-order chi connectivity index (χ1) is 3.91. The summed E-state index contributed by atoms with van der Waals surface area (Å²) in [5.74, 6) is 0. The summed E-state index contributed by atoms with van der Waals surface area (Å²) in [6, 6.07) is 0. The summed E-state index contributed by atoms with van der Waals surface area (Å²) in [5, 5.41) is 0. The molecule has 0 aliphatic carbocycles. The van der Waals surface area contributed by atoms with Gasteiger partial charge in [-0.25, -0.2) is 0 Å². The van der Waals surface area contributed by atoms with Crippen molar-refractivity contribution in [1.29, 1.82) is 0 Å². The van der Waals surface area contributed by atoms with Crippen molar-refractivity contribution >= 4 is 11.9 Å². The molecule has 0 saturated heterocycles. The number of hydrogen-bond acceptors (Lipinski definition) is 0. The Morgan fingerprint density at radius 3 is 2.75 bits per heavy atom. The molecule has 44 valence electrons. The maximum atomic E-state index is 3.66. The van der Waals surface area contributed by atoms with Gasteiger partial charge in [-0.15, -0.1) is 0 Å². The van der Waals surface area contributed by atoms with Crippen molar-refractivity contribution < 1.29 is 22.1 Å². The molecular formula is C6H11BrHg. The first kappa shape index (κ1) is 9.16. The van der Waals surface area contributed by atoms with Gasteiger partial charge in [0.05, 0.1) is 0 Å². The molecule has 0 N–H and O–H groups in total. The van der Waals surface area contributed by atoms with Gasteiger partial charge in [0.1, 0.15) is 0 Å². The molecule has 0 rings (SSSR count). The fraction of sp³-hybridized carbons (Fsp3) is 0.667. The van der Waals surface area contributed by atoms with Crippen LogP contribution in [0.3, 0.4) is 0 Å². The van der Waals surface area contributed by atoms with Crippen molar-refractivity contribution in [2.75, 3.05) is 0 Å². The van der Waals surface area contributed by atoms with E-state index in [1.807, 2.05) is 6.08 Å². The molecule has 2 heteroatoms. The molecular weight excluding hydrogens is 353 g/mol. The Morgan fingerprint density at radius 2 is 2.25 bits per heavy atom. The predicted molar refractivity (Wildman–Crippen MR) is 37.8 cm³/mol. The first-order valence-electron chi connectivity index (χ1n) is 3.08. The Hall–Kier alpha value is 1.16. The van der Waals surface area contributed by atoms with Gasteiger partial charge in [-0.1, -0.05) is 0 Å². The summed E-state index contributed by atoms with van der Waals surface area (Å²) in [6.45, 7) is 3.66. The van der Waals surface area contributed by atoms with Gasteiger partial charge < -0.3 is 0 Å². The van der Waals surface area contributed by atoms with Crippen LogP contribution in [0.1, 0.15) is 19.3 Å². The number of allylic oxidation sites excluding steroid dienone is 1. The molecule has 0 heterocycles. The molecule has 0 atom stereocenters. The van der Waals surface area contributed by atoms with E-state index < -0.39 is 22.1 Å². The van der Waals surface area contributed by atoms with Crippen LogP contribution in [0, 0.1) is 0 Å². The molecule has 0 bridgehead atoms. The summed E-state index contributed by atoms with van der Waals surface area (Å²) in [5.41, 5.74) is 0. The third kappa shape index (κ3) is 7.16. The Kier molecular flexibility index (Phi) is 9.33. The summed E-state index contributed by atoms with van der Waals surface area (Å²) < 4.78 is 1.52. The van der Waals surface area contributed by atoms with Crippen molar-refractivity contribution in [3.63, 3.8) is 0 Å². The van der Waals surface area contributed by atoms with E-state index in [9.17, 15) is 0 Å². The zero-order valence-corrected chi connectivity index (χ0v) is 12.3. The molecule has 0 spiro atoms. The van der Waals surface area contributed by atoms with Crippen LogP contribution in [0.5, 0.6) is 0 Å². The van der Waals surface area contributed by atoms with Gasteiger partial charge in [-0.05, 0) is 0 Å². The van der Waals surface area contributed by atoms with E-state index >= 15 is 0 Å². The molecule has 0 aliphatic heterocycles. The van der Waals surface area contributed by atoms with Crippen LogP contribution >= 0.6 is 11.9 Å². The maximum absolute atomic E-state index is 3.66. The molecule has 0 amide bonds. The van der Waals surface area contributed by atoms with Gasteiger partial charge >= 0.3 is 69.9 Å². The Balaban J connectivity index is 2.62. The van der Waals surface area contributed by atoms with Crippen LogP contribution in [0.2, 0.25) is 3.93 Å². The minimum absolute atomic E-state index is 0.423. The number of halogens is 1. The number of hydrogen-bond donors (Lipinski definition) is 0.